The molecule has 3 heteroatoms. The molecule has 1 atom stereocenters. The van der Waals surface area contributed by atoms with Crippen LogP contribution in [-0.4, -0.2) is 4.98 Å². The highest BCUT2D eigenvalue weighted by Crippen LogP contribution is 2.19. The minimum Gasteiger partial charge on any atom is -0.378 e. The Kier molecular flexibility index (Phi) is 3.38. The summed E-state index contributed by atoms with van der Waals surface area (Å²) in [5, 5.41) is 3.36. The second kappa shape index (κ2) is 4.95. The van der Waals surface area contributed by atoms with Crippen LogP contribution in [0.1, 0.15) is 24.2 Å². The lowest BCUT2D eigenvalue weighted by atomic mass is 10.1. The van der Waals surface area contributed by atoms with Crippen molar-refractivity contribution in [2.45, 2.75) is 19.9 Å². The quantitative estimate of drug-likeness (QED) is 0.869. The number of halogens is 1. The highest BCUT2D eigenvalue weighted by molar-refractivity contribution is 5.45. The highest BCUT2D eigenvalue weighted by Gasteiger charge is 2.05. The number of hydrogen-bond donors (Lipinski definition) is 1. The van der Waals surface area contributed by atoms with Gasteiger partial charge in [-0.05, 0) is 43.7 Å². The monoisotopic (exact) mass is 230 g/mol. The summed E-state index contributed by atoms with van der Waals surface area (Å²) in [4.78, 5) is 4.14. The van der Waals surface area contributed by atoms with Gasteiger partial charge in [0.15, 0.2) is 0 Å². The number of rotatable bonds is 3. The maximum Gasteiger partial charge on any atom is 0.123 e. The largest absolute Gasteiger partial charge is 0.378 e. The minimum absolute atomic E-state index is 0.136. The molecular weight excluding hydrogens is 215 g/mol. The molecule has 0 saturated carbocycles. The Morgan fingerprint density at radius 3 is 2.53 bits per heavy atom. The first kappa shape index (κ1) is 11.6. The third-order valence-electron chi connectivity index (χ3n) is 2.65. The topological polar surface area (TPSA) is 24.9 Å². The molecule has 0 aliphatic rings. The van der Waals surface area contributed by atoms with Crippen LogP contribution >= 0.6 is 0 Å². The Morgan fingerprint density at radius 2 is 1.88 bits per heavy atom. The van der Waals surface area contributed by atoms with Crippen LogP contribution in [-0.2, 0) is 0 Å². The van der Waals surface area contributed by atoms with Crippen molar-refractivity contribution < 1.29 is 4.39 Å². The number of benzene rings is 1. The average molecular weight is 230 g/mol. The summed E-state index contributed by atoms with van der Waals surface area (Å²) in [6.45, 7) is 4.00. The van der Waals surface area contributed by atoms with Gasteiger partial charge < -0.3 is 5.32 Å². The fourth-order valence-corrected chi connectivity index (χ4v) is 1.72. The van der Waals surface area contributed by atoms with E-state index >= 15 is 0 Å². The molecule has 2 rings (SSSR count). The van der Waals surface area contributed by atoms with E-state index in [9.17, 15) is 4.39 Å². The molecule has 0 aliphatic carbocycles. The van der Waals surface area contributed by atoms with E-state index in [0.717, 1.165) is 16.9 Å². The van der Waals surface area contributed by atoms with Crippen LogP contribution in [0, 0.1) is 12.7 Å². The Hall–Kier alpha value is -1.90. The Morgan fingerprint density at radius 1 is 1.18 bits per heavy atom. The molecule has 0 spiro atoms. The summed E-state index contributed by atoms with van der Waals surface area (Å²) in [5.74, 6) is -0.208. The summed E-state index contributed by atoms with van der Waals surface area (Å²) >= 11 is 0. The molecule has 0 bridgehead atoms. The predicted octanol–water partition coefficient (Wildman–Crippen LogP) is 3.70. The Balaban J connectivity index is 2.11. The summed E-state index contributed by atoms with van der Waals surface area (Å²) in [6.07, 6.45) is 1.77. The third-order valence-corrected chi connectivity index (χ3v) is 2.65. The Bertz CT molecular complexity index is 494. The molecular formula is C14H15FN2. The van der Waals surface area contributed by atoms with Crippen molar-refractivity contribution in [3.63, 3.8) is 0 Å². The average Bonchev–Trinajstić information content (AvgIpc) is 2.29. The highest BCUT2D eigenvalue weighted by atomic mass is 19.1. The molecule has 1 unspecified atom stereocenters. The molecule has 2 aromatic rings. The van der Waals surface area contributed by atoms with Crippen molar-refractivity contribution in [2.24, 2.45) is 0 Å². The SMILES string of the molecule is Cc1cc(NC(C)c2ccc(F)cc2)ccn1. The van der Waals surface area contributed by atoms with E-state index < -0.39 is 0 Å². The van der Waals surface area contributed by atoms with Crippen molar-refractivity contribution in [1.29, 1.82) is 0 Å². The second-order valence-corrected chi connectivity index (χ2v) is 4.10. The van der Waals surface area contributed by atoms with Gasteiger partial charge in [0.25, 0.3) is 0 Å². The van der Waals surface area contributed by atoms with E-state index in [4.69, 9.17) is 0 Å². The third kappa shape index (κ3) is 3.03. The number of aryl methyl sites for hydroxylation is 1. The minimum atomic E-state index is -0.208. The van der Waals surface area contributed by atoms with Gasteiger partial charge >= 0.3 is 0 Å². The maximum atomic E-state index is 12.8. The second-order valence-electron chi connectivity index (χ2n) is 4.10. The molecule has 1 aromatic carbocycles. The van der Waals surface area contributed by atoms with Gasteiger partial charge in [-0.15, -0.1) is 0 Å². The molecule has 0 saturated heterocycles. The van der Waals surface area contributed by atoms with Crippen molar-refractivity contribution in [3.05, 3.63) is 59.7 Å². The lowest BCUT2D eigenvalue weighted by molar-refractivity contribution is 0.626. The van der Waals surface area contributed by atoms with Gasteiger partial charge in [0.1, 0.15) is 5.82 Å². The van der Waals surface area contributed by atoms with Gasteiger partial charge in [-0.1, -0.05) is 12.1 Å². The van der Waals surface area contributed by atoms with E-state index in [2.05, 4.69) is 10.3 Å². The molecule has 0 radical (unpaired) electrons. The van der Waals surface area contributed by atoms with E-state index in [0.29, 0.717) is 0 Å². The first-order chi connectivity index (χ1) is 8.15. The maximum absolute atomic E-state index is 12.8. The summed E-state index contributed by atoms with van der Waals surface area (Å²) in [7, 11) is 0. The first-order valence-corrected chi connectivity index (χ1v) is 5.60. The molecule has 2 nitrogen and oxygen atoms in total. The molecule has 88 valence electrons. The lowest BCUT2D eigenvalue weighted by Gasteiger charge is -2.15. The summed E-state index contributed by atoms with van der Waals surface area (Å²) < 4.78 is 12.8. The van der Waals surface area contributed by atoms with Gasteiger partial charge in [0.05, 0.1) is 0 Å². The molecule has 1 heterocycles. The van der Waals surface area contributed by atoms with Crippen LogP contribution in [0.5, 0.6) is 0 Å². The van der Waals surface area contributed by atoms with Crippen LogP contribution in [0.4, 0.5) is 10.1 Å². The van der Waals surface area contributed by atoms with Crippen molar-refractivity contribution >= 4 is 5.69 Å². The van der Waals surface area contributed by atoms with E-state index in [1.54, 1.807) is 18.3 Å². The lowest BCUT2D eigenvalue weighted by Crippen LogP contribution is -2.06. The van der Waals surface area contributed by atoms with Crippen LogP contribution in [0.25, 0.3) is 0 Å². The number of aromatic nitrogens is 1. The molecule has 0 amide bonds. The summed E-state index contributed by atoms with van der Waals surface area (Å²) in [5.41, 5.74) is 3.05. The van der Waals surface area contributed by atoms with Crippen LogP contribution < -0.4 is 5.32 Å². The fourth-order valence-electron chi connectivity index (χ4n) is 1.72. The fraction of sp³-hybridized carbons (Fsp3) is 0.214. The molecule has 17 heavy (non-hydrogen) atoms. The van der Waals surface area contributed by atoms with Gasteiger partial charge in [-0.2, -0.15) is 0 Å². The van der Waals surface area contributed by atoms with Crippen LogP contribution in [0.3, 0.4) is 0 Å². The van der Waals surface area contributed by atoms with Crippen molar-refractivity contribution in [2.75, 3.05) is 5.32 Å². The molecule has 0 aliphatic heterocycles. The smallest absolute Gasteiger partial charge is 0.123 e. The molecule has 0 fully saturated rings. The van der Waals surface area contributed by atoms with Crippen molar-refractivity contribution in [3.8, 4) is 0 Å². The molecule has 1 aromatic heterocycles. The van der Waals surface area contributed by atoms with Gasteiger partial charge in [0.2, 0.25) is 0 Å². The number of anilines is 1. The van der Waals surface area contributed by atoms with Gasteiger partial charge in [0, 0.05) is 23.6 Å². The number of hydrogen-bond acceptors (Lipinski definition) is 2. The normalized spacial score (nSPS) is 12.2. The van der Waals surface area contributed by atoms with E-state index in [1.807, 2.05) is 26.0 Å². The van der Waals surface area contributed by atoms with Crippen LogP contribution in [0.2, 0.25) is 0 Å². The van der Waals surface area contributed by atoms with Gasteiger partial charge in [-0.3, -0.25) is 4.98 Å². The summed E-state index contributed by atoms with van der Waals surface area (Å²) in [6, 6.07) is 10.6. The standard InChI is InChI=1S/C14H15FN2/c1-10-9-14(7-8-16-10)17-11(2)12-3-5-13(15)6-4-12/h3-9,11H,1-2H3,(H,16,17). The zero-order valence-corrected chi connectivity index (χ0v) is 9.94. The zero-order valence-electron chi connectivity index (χ0n) is 9.94. The van der Waals surface area contributed by atoms with E-state index in [-0.39, 0.29) is 11.9 Å². The van der Waals surface area contributed by atoms with Crippen molar-refractivity contribution in [1.82, 2.24) is 4.98 Å². The van der Waals surface area contributed by atoms with Gasteiger partial charge in [-0.25, -0.2) is 4.39 Å². The number of nitrogens with one attached hydrogen (secondary N) is 1. The van der Waals surface area contributed by atoms with E-state index in [1.165, 1.54) is 12.1 Å². The first-order valence-electron chi connectivity index (χ1n) is 5.60. The zero-order chi connectivity index (χ0) is 12.3. The molecule has 1 N–H and O–H groups in total. The predicted molar refractivity (Wildman–Crippen MR) is 67.4 cm³/mol. The number of pyridine rings is 1. The van der Waals surface area contributed by atoms with Crippen LogP contribution in [0.15, 0.2) is 42.6 Å². The number of nitrogens with zero attached hydrogens (tertiary/aromatic N) is 1. The Labute approximate surface area is 101 Å².